The van der Waals surface area contributed by atoms with Gasteiger partial charge in [0.1, 0.15) is 17.1 Å². The molecule has 0 fully saturated rings. The highest BCUT2D eigenvalue weighted by atomic mass is 16.5. The highest BCUT2D eigenvalue weighted by molar-refractivity contribution is 5.99. The SMILES string of the molecule is COc1cccc(OC)c1C(=O)NCc1nc(-c2ccccc2)no1. The Morgan fingerprint density at radius 3 is 2.36 bits per heavy atom. The first kappa shape index (κ1) is 16.5. The van der Waals surface area contributed by atoms with Gasteiger partial charge in [-0.05, 0) is 12.1 Å². The number of benzene rings is 2. The van der Waals surface area contributed by atoms with Gasteiger partial charge in [0.15, 0.2) is 0 Å². The van der Waals surface area contributed by atoms with Crippen LogP contribution in [0.15, 0.2) is 53.1 Å². The van der Waals surface area contributed by atoms with Gasteiger partial charge >= 0.3 is 0 Å². The van der Waals surface area contributed by atoms with Crippen LogP contribution >= 0.6 is 0 Å². The highest BCUT2D eigenvalue weighted by Crippen LogP contribution is 2.28. The van der Waals surface area contributed by atoms with Crippen LogP contribution in [0.5, 0.6) is 11.5 Å². The smallest absolute Gasteiger partial charge is 0.259 e. The van der Waals surface area contributed by atoms with Gasteiger partial charge in [0.2, 0.25) is 11.7 Å². The lowest BCUT2D eigenvalue weighted by atomic mass is 10.1. The van der Waals surface area contributed by atoms with Crippen molar-refractivity contribution in [1.29, 1.82) is 0 Å². The summed E-state index contributed by atoms with van der Waals surface area (Å²) in [7, 11) is 2.99. The molecule has 0 unspecified atom stereocenters. The number of rotatable bonds is 6. The van der Waals surface area contributed by atoms with E-state index in [0.717, 1.165) is 5.56 Å². The molecule has 0 aliphatic carbocycles. The Morgan fingerprint density at radius 1 is 1.04 bits per heavy atom. The maximum atomic E-state index is 12.5. The van der Waals surface area contributed by atoms with Gasteiger partial charge in [-0.15, -0.1) is 0 Å². The van der Waals surface area contributed by atoms with Gasteiger partial charge in [-0.25, -0.2) is 0 Å². The standard InChI is InChI=1S/C18H17N3O4/c1-23-13-9-6-10-14(24-2)16(13)18(22)19-11-15-20-17(21-25-15)12-7-4-3-5-8-12/h3-10H,11H2,1-2H3,(H,19,22). The van der Waals surface area contributed by atoms with Crippen LogP contribution in [0.2, 0.25) is 0 Å². The third-order valence-electron chi connectivity index (χ3n) is 3.56. The minimum absolute atomic E-state index is 0.0971. The van der Waals surface area contributed by atoms with E-state index >= 15 is 0 Å². The van der Waals surface area contributed by atoms with Crippen LogP contribution in [-0.2, 0) is 6.54 Å². The lowest BCUT2D eigenvalue weighted by molar-refractivity contribution is 0.0940. The molecule has 128 valence electrons. The number of methoxy groups -OCH3 is 2. The van der Waals surface area contributed by atoms with Crippen molar-refractivity contribution in [3.63, 3.8) is 0 Å². The lowest BCUT2D eigenvalue weighted by Gasteiger charge is -2.12. The van der Waals surface area contributed by atoms with E-state index in [0.29, 0.717) is 28.8 Å². The number of aromatic nitrogens is 2. The molecule has 25 heavy (non-hydrogen) atoms. The number of hydrogen-bond acceptors (Lipinski definition) is 6. The first-order valence-electron chi connectivity index (χ1n) is 7.60. The number of carbonyl (C=O) groups excluding carboxylic acids is 1. The Balaban J connectivity index is 1.72. The normalized spacial score (nSPS) is 10.3. The molecule has 0 aliphatic heterocycles. The summed E-state index contributed by atoms with van der Waals surface area (Å²) in [5, 5.41) is 6.65. The number of hydrogen-bond donors (Lipinski definition) is 1. The molecule has 1 heterocycles. The second-order valence-electron chi connectivity index (χ2n) is 5.10. The summed E-state index contributed by atoms with van der Waals surface area (Å²) < 4.78 is 15.6. The fourth-order valence-electron chi connectivity index (χ4n) is 2.35. The lowest BCUT2D eigenvalue weighted by Crippen LogP contribution is -2.24. The van der Waals surface area contributed by atoms with Gasteiger partial charge in [0.25, 0.3) is 5.91 Å². The molecule has 3 rings (SSSR count). The van der Waals surface area contributed by atoms with E-state index in [4.69, 9.17) is 14.0 Å². The molecule has 7 heteroatoms. The zero-order chi connectivity index (χ0) is 17.6. The molecule has 0 saturated carbocycles. The Hall–Kier alpha value is -3.35. The summed E-state index contributed by atoms with van der Waals surface area (Å²) in [5.74, 6) is 1.27. The summed E-state index contributed by atoms with van der Waals surface area (Å²) >= 11 is 0. The van der Waals surface area contributed by atoms with E-state index in [-0.39, 0.29) is 12.5 Å². The van der Waals surface area contributed by atoms with Crippen LogP contribution in [0.1, 0.15) is 16.2 Å². The van der Waals surface area contributed by atoms with Gasteiger partial charge in [0, 0.05) is 5.56 Å². The second-order valence-corrected chi connectivity index (χ2v) is 5.10. The molecule has 1 N–H and O–H groups in total. The second kappa shape index (κ2) is 7.48. The Kier molecular flexibility index (Phi) is 4.94. The Bertz CT molecular complexity index is 840. The van der Waals surface area contributed by atoms with Crippen LogP contribution in [-0.4, -0.2) is 30.3 Å². The van der Waals surface area contributed by atoms with E-state index in [1.54, 1.807) is 18.2 Å². The molecule has 0 saturated heterocycles. The predicted molar refractivity (Wildman–Crippen MR) is 90.5 cm³/mol. The quantitative estimate of drug-likeness (QED) is 0.743. The molecular formula is C18H17N3O4. The molecule has 0 aliphatic rings. The first-order valence-corrected chi connectivity index (χ1v) is 7.60. The molecule has 0 radical (unpaired) electrons. The van der Waals surface area contributed by atoms with Crippen LogP contribution in [0.25, 0.3) is 11.4 Å². The molecule has 0 atom stereocenters. The van der Waals surface area contributed by atoms with Crippen molar-refractivity contribution in [2.45, 2.75) is 6.54 Å². The van der Waals surface area contributed by atoms with E-state index in [9.17, 15) is 4.79 Å². The van der Waals surface area contributed by atoms with Gasteiger partial charge in [-0.3, -0.25) is 4.79 Å². The van der Waals surface area contributed by atoms with Crippen LogP contribution in [0, 0.1) is 0 Å². The van der Waals surface area contributed by atoms with Gasteiger partial charge in [-0.2, -0.15) is 4.98 Å². The van der Waals surface area contributed by atoms with E-state index in [1.165, 1.54) is 14.2 Å². The molecule has 2 aromatic carbocycles. The Labute approximate surface area is 144 Å². The van der Waals surface area contributed by atoms with Gasteiger partial charge < -0.3 is 19.3 Å². The summed E-state index contributed by atoms with van der Waals surface area (Å²) in [6.07, 6.45) is 0. The van der Waals surface area contributed by atoms with Crippen molar-refractivity contribution in [3.8, 4) is 22.9 Å². The Morgan fingerprint density at radius 2 is 1.72 bits per heavy atom. The zero-order valence-electron chi connectivity index (χ0n) is 13.9. The van der Waals surface area contributed by atoms with Crippen molar-refractivity contribution >= 4 is 5.91 Å². The van der Waals surface area contributed by atoms with Gasteiger partial charge in [0.05, 0.1) is 20.8 Å². The first-order chi connectivity index (χ1) is 12.2. The average molecular weight is 339 g/mol. The number of amides is 1. The zero-order valence-corrected chi connectivity index (χ0v) is 13.9. The highest BCUT2D eigenvalue weighted by Gasteiger charge is 2.19. The van der Waals surface area contributed by atoms with Crippen molar-refractivity contribution < 1.29 is 18.8 Å². The molecule has 1 amide bonds. The molecule has 1 aromatic heterocycles. The van der Waals surface area contributed by atoms with E-state index in [2.05, 4.69) is 15.5 Å². The van der Waals surface area contributed by atoms with Gasteiger partial charge in [-0.1, -0.05) is 41.6 Å². The van der Waals surface area contributed by atoms with Crippen molar-refractivity contribution in [2.75, 3.05) is 14.2 Å². The number of nitrogens with one attached hydrogen (secondary N) is 1. The van der Waals surface area contributed by atoms with Crippen molar-refractivity contribution in [2.24, 2.45) is 0 Å². The van der Waals surface area contributed by atoms with Crippen molar-refractivity contribution in [1.82, 2.24) is 15.5 Å². The van der Waals surface area contributed by atoms with E-state index in [1.807, 2.05) is 30.3 Å². The van der Waals surface area contributed by atoms with Crippen LogP contribution < -0.4 is 14.8 Å². The van der Waals surface area contributed by atoms with Crippen LogP contribution in [0.4, 0.5) is 0 Å². The molecule has 0 spiro atoms. The molecule has 0 bridgehead atoms. The summed E-state index contributed by atoms with van der Waals surface area (Å²) in [6, 6.07) is 14.6. The maximum Gasteiger partial charge on any atom is 0.259 e. The fourth-order valence-corrected chi connectivity index (χ4v) is 2.35. The number of nitrogens with zero attached hydrogens (tertiary/aromatic N) is 2. The summed E-state index contributed by atoms with van der Waals surface area (Å²) in [5.41, 5.74) is 1.16. The summed E-state index contributed by atoms with van der Waals surface area (Å²) in [4.78, 5) is 16.8. The molecule has 3 aromatic rings. The van der Waals surface area contributed by atoms with Crippen molar-refractivity contribution in [3.05, 3.63) is 60.0 Å². The molecular weight excluding hydrogens is 322 g/mol. The fraction of sp³-hybridized carbons (Fsp3) is 0.167. The topological polar surface area (TPSA) is 86.5 Å². The monoisotopic (exact) mass is 339 g/mol. The third-order valence-corrected chi connectivity index (χ3v) is 3.56. The van der Waals surface area contributed by atoms with E-state index < -0.39 is 0 Å². The maximum absolute atomic E-state index is 12.5. The van der Waals surface area contributed by atoms with Crippen LogP contribution in [0.3, 0.4) is 0 Å². The average Bonchev–Trinajstić information content (AvgIpc) is 3.15. The predicted octanol–water partition coefficient (Wildman–Crippen LogP) is 2.68. The largest absolute Gasteiger partial charge is 0.496 e. The summed E-state index contributed by atoms with van der Waals surface area (Å²) in [6.45, 7) is 0.0971. The number of carbonyl (C=O) groups is 1. The molecule has 7 nitrogen and oxygen atoms in total. The minimum Gasteiger partial charge on any atom is -0.496 e. The third kappa shape index (κ3) is 3.60. The minimum atomic E-state index is -0.353. The number of ether oxygens (including phenoxy) is 2.